The Hall–Kier alpha value is 1.46. The summed E-state index contributed by atoms with van der Waals surface area (Å²) in [7, 11) is 0. The first-order valence-electron chi connectivity index (χ1n) is 12.5. The zero-order valence-electron chi connectivity index (χ0n) is 25.8. The fourth-order valence-corrected chi connectivity index (χ4v) is 0. The van der Waals surface area contributed by atoms with Crippen LogP contribution in [0.15, 0.2) is 0 Å². The van der Waals surface area contributed by atoms with Crippen LogP contribution in [0, 0.1) is 0 Å². The topological polar surface area (TPSA) is 0 Å². The van der Waals surface area contributed by atoms with Crippen molar-refractivity contribution in [3.05, 3.63) is 0 Å². The van der Waals surface area contributed by atoms with Crippen LogP contribution in [-0.2, 0) is 0 Å². The van der Waals surface area contributed by atoms with E-state index in [1.165, 1.54) is 0 Å². The maximum absolute atomic E-state index is 6.30. The molecule has 0 amide bonds. The molecule has 0 unspecified atom stereocenters. The predicted octanol–water partition coefficient (Wildman–Crippen LogP) is 9.94. The third-order valence-corrected chi connectivity index (χ3v) is 0. The second-order valence-electron chi connectivity index (χ2n) is 0. The molecule has 0 nitrogen and oxygen atoms in total. The first kappa shape index (κ1) is 80.4. The molecule has 0 fully saturated rings. The summed E-state index contributed by atoms with van der Waals surface area (Å²) in [6, 6.07) is 0. The Morgan fingerprint density at radius 2 is 0.308 bits per heavy atom. The van der Waals surface area contributed by atoms with Crippen LogP contribution < -0.4 is 18.4 Å². The van der Waals surface area contributed by atoms with Crippen molar-refractivity contribution in [3.63, 3.8) is 0 Å². The van der Waals surface area contributed by atoms with E-state index in [0.717, 1.165) is 0 Å². The monoisotopic (exact) mass is 617 g/mol. The normalized spacial score (nSPS) is 3.65. The van der Waals surface area contributed by atoms with Gasteiger partial charge in [0.15, 0.2) is 0 Å². The Labute approximate surface area is 202 Å². The second-order valence-corrected chi connectivity index (χ2v) is 0. The van der Waals surface area contributed by atoms with Gasteiger partial charge >= 0.3 is 37.6 Å². The maximum atomic E-state index is 6.30. The van der Waals surface area contributed by atoms with Gasteiger partial charge in [-0.1, -0.05) is 166 Å². The van der Waals surface area contributed by atoms with E-state index in [9.17, 15) is 0 Å². The van der Waals surface area contributed by atoms with Gasteiger partial charge in [0.1, 0.15) is 0 Å². The minimum atomic E-state index is -0.190. The first-order chi connectivity index (χ1) is 13.4. The molecule has 0 aromatic carbocycles. The van der Waals surface area contributed by atoms with Crippen LogP contribution in [-0.4, -0.2) is 0.594 Å². The van der Waals surface area contributed by atoms with E-state index in [-0.39, 0.29) is 18.4 Å². The molecule has 0 radical (unpaired) electrons. The Bertz CT molecular complexity index is 16.3. The van der Waals surface area contributed by atoms with Gasteiger partial charge < -0.3 is 0 Å². The number of hydrogen-bond acceptors (Lipinski definition) is 0. The molecule has 0 aliphatic heterocycles. The number of hydrogen-bond donors (Lipinski definition) is 0. The van der Waals surface area contributed by atoms with Crippen LogP contribution >= 0.6 is 18.6 Å². The van der Waals surface area contributed by atoms with Gasteiger partial charge in [0.05, 0.1) is 0 Å². The van der Waals surface area contributed by atoms with E-state index < -0.39 is 0 Å². The molecule has 0 rings (SSSR count). The molecule has 0 saturated carbocycles. The zero-order chi connectivity index (χ0) is 26.7. The average Bonchev–Trinajstić information content (AvgIpc) is 2.89. The molecule has 0 saturated heterocycles. The molecule has 0 aliphatic rings. The molecule has 0 aliphatic carbocycles. The summed E-state index contributed by atoms with van der Waals surface area (Å²) in [5, 5.41) is 0. The molecule has 0 atom stereocenters. The summed E-state index contributed by atoms with van der Waals surface area (Å²) in [6.07, 6.45) is 0. The van der Waals surface area contributed by atoms with Crippen molar-refractivity contribution in [1.29, 1.82) is 0.594 Å². The van der Waals surface area contributed by atoms with Crippen molar-refractivity contribution in [2.24, 2.45) is 0 Å². The van der Waals surface area contributed by atoms with Gasteiger partial charge in [-0.25, -0.2) is 0 Å². The molecule has 184 valence electrons. The van der Waals surface area contributed by atoms with E-state index in [1.54, 1.807) is 0 Å². The Kier molecular flexibility index (Phi) is 24900. The molecule has 0 spiro atoms. The molecule has 26 heavy (non-hydrogen) atoms. The minimum absolute atomic E-state index is 0.190. The van der Waals surface area contributed by atoms with Gasteiger partial charge in [0.2, 0.25) is 0 Å². The third kappa shape index (κ3) is 7150. The van der Waals surface area contributed by atoms with Crippen LogP contribution in [0.4, 0.5) is 0 Å². The fraction of sp³-hybridized carbons (Fsp3) is 1.00. The Morgan fingerprint density at radius 3 is 0.308 bits per heavy atom. The Balaban J connectivity index is -0.00000000717. The van der Waals surface area contributed by atoms with Crippen molar-refractivity contribution < 1.29 is 18.4 Å². The zero-order valence-corrected chi connectivity index (χ0v) is 29.1. The van der Waals surface area contributed by atoms with E-state index in [2.05, 4.69) is 18.6 Å². The summed E-state index contributed by atoms with van der Waals surface area (Å²) in [5.74, 6) is 0. The second kappa shape index (κ2) is 8050. The summed E-state index contributed by atoms with van der Waals surface area (Å²) in [6.45, 7) is 48.0. The van der Waals surface area contributed by atoms with Gasteiger partial charge in [0, 0.05) is 0 Å². The van der Waals surface area contributed by atoms with E-state index in [4.69, 9.17) is 0.594 Å². The molecule has 2 heteroatoms. The van der Waals surface area contributed by atoms with Crippen molar-refractivity contribution in [3.8, 4) is 0 Å². The van der Waals surface area contributed by atoms with Gasteiger partial charge in [-0.15, -0.1) is 0 Å². The van der Waals surface area contributed by atoms with Crippen LogP contribution in [0.2, 0.25) is 0 Å². The standard InChI is InChI=1S/12C2H6.HI2/c13*1-2/h12*1-2H3;1H/q;;;;;;;;;;;;-1/i;;;;;;;;;;;;1T. The van der Waals surface area contributed by atoms with Crippen LogP contribution in [0.5, 0.6) is 0 Å². The van der Waals surface area contributed by atoms with Crippen molar-refractivity contribution in [2.45, 2.75) is 166 Å². The summed E-state index contributed by atoms with van der Waals surface area (Å²) in [5.41, 5.74) is 0. The van der Waals surface area contributed by atoms with Crippen LogP contribution in [0.1, 0.15) is 166 Å². The molecular weight excluding hydrogens is 542 g/mol. The van der Waals surface area contributed by atoms with E-state index >= 15 is 0 Å². The summed E-state index contributed by atoms with van der Waals surface area (Å²) in [4.78, 5) is 0. The predicted molar refractivity (Wildman–Crippen MR) is 152 cm³/mol. The van der Waals surface area contributed by atoms with Crippen molar-refractivity contribution in [2.75, 3.05) is 0 Å². The molecule has 0 bridgehead atoms. The van der Waals surface area contributed by atoms with Gasteiger partial charge in [-0.05, 0) is 0 Å². The van der Waals surface area contributed by atoms with Gasteiger partial charge in [-0.2, -0.15) is 0 Å². The SMILES string of the molecule is CC.CC.CC.CC.CC.CC.CC.CC.CC.CC.CC.CC.[3H][I-]I. The number of halogens is 2. The summed E-state index contributed by atoms with van der Waals surface area (Å²) >= 11 is 1.88. The van der Waals surface area contributed by atoms with E-state index in [1.807, 2.05) is 166 Å². The van der Waals surface area contributed by atoms with Crippen LogP contribution in [0.25, 0.3) is 0 Å². The molecule has 0 aromatic rings. The molecule has 0 N–H and O–H groups in total. The Morgan fingerprint density at radius 1 is 0.308 bits per heavy atom. The molecule has 0 aromatic heterocycles. The van der Waals surface area contributed by atoms with Crippen molar-refractivity contribution in [1.82, 2.24) is 0 Å². The van der Waals surface area contributed by atoms with Gasteiger partial charge in [0.25, 0.3) is 0 Å². The van der Waals surface area contributed by atoms with Crippen molar-refractivity contribution >= 4 is 18.6 Å². The summed E-state index contributed by atoms with van der Waals surface area (Å²) < 4.78 is 6.30. The molecular formula is C24H73I2-. The number of rotatable bonds is 0. The first-order valence-corrected chi connectivity index (χ1v) is 18.4. The average molecular weight is 618 g/mol. The quantitative estimate of drug-likeness (QED) is 0.238. The fourth-order valence-electron chi connectivity index (χ4n) is 0. The third-order valence-electron chi connectivity index (χ3n) is 0. The van der Waals surface area contributed by atoms with Crippen LogP contribution in [0.3, 0.4) is 0 Å². The molecule has 0 heterocycles. The van der Waals surface area contributed by atoms with E-state index in [0.29, 0.717) is 0 Å². The van der Waals surface area contributed by atoms with Gasteiger partial charge in [-0.3, -0.25) is 0 Å².